The highest BCUT2D eigenvalue weighted by Crippen LogP contribution is 2.29. The maximum atomic E-state index is 13.5. The third-order valence-corrected chi connectivity index (χ3v) is 3.85. The molecule has 0 radical (unpaired) electrons. The molecule has 0 aliphatic heterocycles. The van der Waals surface area contributed by atoms with Crippen LogP contribution in [0.3, 0.4) is 0 Å². The molecule has 0 aliphatic carbocycles. The van der Waals surface area contributed by atoms with Crippen molar-refractivity contribution in [2.24, 2.45) is 0 Å². The molecule has 0 saturated heterocycles. The molecule has 0 bridgehead atoms. The summed E-state index contributed by atoms with van der Waals surface area (Å²) in [6.45, 7) is 0. The number of phenols is 1. The second kappa shape index (κ2) is 7.07. The molecule has 5 nitrogen and oxygen atoms in total. The molecule has 0 atom stereocenters. The normalized spacial score (nSPS) is 10.8. The first-order chi connectivity index (χ1) is 13.5. The van der Waals surface area contributed by atoms with E-state index >= 15 is 0 Å². The zero-order chi connectivity index (χ0) is 19.7. The average molecular weight is 384 g/mol. The quantitative estimate of drug-likeness (QED) is 0.516. The fourth-order valence-electron chi connectivity index (χ4n) is 2.46. The van der Waals surface area contributed by atoms with Crippen LogP contribution < -0.4 is 4.74 Å². The van der Waals surface area contributed by atoms with E-state index in [-0.39, 0.29) is 23.1 Å². The first kappa shape index (κ1) is 17.6. The molecular formula is C20H11F3N2O3. The summed E-state index contributed by atoms with van der Waals surface area (Å²) in [7, 11) is 0. The number of hydrogen-bond donors (Lipinski definition) is 1. The Kier molecular flexibility index (Phi) is 4.44. The van der Waals surface area contributed by atoms with Crippen LogP contribution in [0, 0.1) is 17.5 Å². The monoisotopic (exact) mass is 384 g/mol. The number of hydrogen-bond acceptors (Lipinski definition) is 5. The lowest BCUT2D eigenvalue weighted by molar-refractivity contribution is 0.395. The van der Waals surface area contributed by atoms with E-state index in [1.807, 2.05) is 0 Å². The van der Waals surface area contributed by atoms with E-state index in [9.17, 15) is 13.2 Å². The van der Waals surface area contributed by atoms with Crippen molar-refractivity contribution in [3.05, 3.63) is 78.1 Å². The number of aromatic hydroxyl groups is 1. The summed E-state index contributed by atoms with van der Waals surface area (Å²) >= 11 is 0. The van der Waals surface area contributed by atoms with E-state index in [1.165, 1.54) is 24.3 Å². The van der Waals surface area contributed by atoms with Crippen molar-refractivity contribution in [3.8, 4) is 40.1 Å². The topological polar surface area (TPSA) is 68.4 Å². The molecule has 0 spiro atoms. The maximum Gasteiger partial charge on any atom is 0.258 e. The molecule has 28 heavy (non-hydrogen) atoms. The van der Waals surface area contributed by atoms with Gasteiger partial charge in [0.1, 0.15) is 17.3 Å². The molecule has 0 unspecified atom stereocenters. The molecule has 1 aromatic heterocycles. The van der Waals surface area contributed by atoms with Gasteiger partial charge in [0.05, 0.1) is 0 Å². The number of phenolic OH excluding ortho intramolecular Hbond substituents is 1. The molecule has 3 aromatic carbocycles. The molecule has 1 N–H and O–H groups in total. The van der Waals surface area contributed by atoms with Crippen molar-refractivity contribution < 1.29 is 27.5 Å². The molecule has 0 aliphatic rings. The van der Waals surface area contributed by atoms with E-state index in [2.05, 4.69) is 10.1 Å². The van der Waals surface area contributed by atoms with Crippen LogP contribution in [0.25, 0.3) is 22.8 Å². The largest absolute Gasteiger partial charge is 0.503 e. The molecule has 1 heterocycles. The molecule has 8 heteroatoms. The third-order valence-electron chi connectivity index (χ3n) is 3.85. The summed E-state index contributed by atoms with van der Waals surface area (Å²) in [6, 6.07) is 14.1. The zero-order valence-corrected chi connectivity index (χ0v) is 14.1. The van der Waals surface area contributed by atoms with Crippen LogP contribution in [0.15, 0.2) is 65.2 Å². The lowest BCUT2D eigenvalue weighted by Gasteiger charge is -2.05. The predicted molar refractivity (Wildman–Crippen MR) is 93.2 cm³/mol. The minimum atomic E-state index is -1.13. The molecule has 0 saturated carbocycles. The van der Waals surface area contributed by atoms with Gasteiger partial charge in [0.2, 0.25) is 5.82 Å². The lowest BCUT2D eigenvalue weighted by atomic mass is 10.2. The molecule has 4 rings (SSSR count). The van der Waals surface area contributed by atoms with E-state index in [0.29, 0.717) is 17.1 Å². The van der Waals surface area contributed by atoms with Crippen LogP contribution in [-0.4, -0.2) is 15.2 Å². The first-order valence-electron chi connectivity index (χ1n) is 8.05. The summed E-state index contributed by atoms with van der Waals surface area (Å²) in [5, 5.41) is 13.0. The van der Waals surface area contributed by atoms with E-state index in [4.69, 9.17) is 14.4 Å². The Morgan fingerprint density at radius 3 is 1.96 bits per heavy atom. The summed E-state index contributed by atoms with van der Waals surface area (Å²) in [4.78, 5) is 4.11. The Morgan fingerprint density at radius 2 is 1.36 bits per heavy atom. The van der Waals surface area contributed by atoms with Crippen molar-refractivity contribution in [2.75, 3.05) is 0 Å². The number of aromatic nitrogens is 2. The van der Waals surface area contributed by atoms with Gasteiger partial charge < -0.3 is 14.4 Å². The highest BCUT2D eigenvalue weighted by atomic mass is 19.1. The fraction of sp³-hybridized carbons (Fsp3) is 0. The van der Waals surface area contributed by atoms with E-state index in [0.717, 1.165) is 12.1 Å². The van der Waals surface area contributed by atoms with Gasteiger partial charge >= 0.3 is 0 Å². The number of benzene rings is 3. The Labute approximate surface area is 156 Å². The first-order valence-corrected chi connectivity index (χ1v) is 8.05. The number of rotatable bonds is 4. The minimum Gasteiger partial charge on any atom is -0.503 e. The van der Waals surface area contributed by atoms with Crippen LogP contribution in [0.1, 0.15) is 0 Å². The molecule has 0 fully saturated rings. The second-order valence-corrected chi connectivity index (χ2v) is 5.79. The second-order valence-electron chi connectivity index (χ2n) is 5.79. The van der Waals surface area contributed by atoms with Gasteiger partial charge in [-0.25, -0.2) is 13.2 Å². The highest BCUT2D eigenvalue weighted by Gasteiger charge is 2.16. The highest BCUT2D eigenvalue weighted by molar-refractivity contribution is 5.61. The predicted octanol–water partition coefficient (Wildman–Crippen LogP) is 5.32. The van der Waals surface area contributed by atoms with Crippen molar-refractivity contribution in [3.63, 3.8) is 0 Å². The van der Waals surface area contributed by atoms with Crippen LogP contribution in [-0.2, 0) is 0 Å². The van der Waals surface area contributed by atoms with Gasteiger partial charge in [-0.1, -0.05) is 5.16 Å². The van der Waals surface area contributed by atoms with Crippen LogP contribution in [0.2, 0.25) is 0 Å². The van der Waals surface area contributed by atoms with Crippen LogP contribution >= 0.6 is 0 Å². The fourth-order valence-corrected chi connectivity index (χ4v) is 2.46. The van der Waals surface area contributed by atoms with Crippen molar-refractivity contribution in [2.45, 2.75) is 0 Å². The summed E-state index contributed by atoms with van der Waals surface area (Å²) in [5.74, 6) is -2.58. The van der Waals surface area contributed by atoms with Gasteiger partial charge in [0, 0.05) is 11.1 Å². The maximum absolute atomic E-state index is 13.5. The Balaban J connectivity index is 1.55. The average Bonchev–Trinajstić information content (AvgIpc) is 3.18. The SMILES string of the molecule is Oc1c(F)cc(-c2nc(-c3ccc(Oc4ccc(F)cc4)cc3)no2)cc1F. The Morgan fingerprint density at radius 1 is 0.786 bits per heavy atom. The van der Waals surface area contributed by atoms with Gasteiger partial charge in [-0.05, 0) is 60.7 Å². The van der Waals surface area contributed by atoms with Gasteiger partial charge in [0.25, 0.3) is 5.89 Å². The summed E-state index contributed by atoms with van der Waals surface area (Å²) < 4.78 is 50.5. The van der Waals surface area contributed by atoms with Crippen LogP contribution in [0.4, 0.5) is 13.2 Å². The summed E-state index contributed by atoms with van der Waals surface area (Å²) in [6.07, 6.45) is 0. The number of halogens is 3. The molecule has 0 amide bonds. The van der Waals surface area contributed by atoms with Gasteiger partial charge in [-0.15, -0.1) is 0 Å². The molecule has 140 valence electrons. The van der Waals surface area contributed by atoms with Crippen molar-refractivity contribution >= 4 is 0 Å². The van der Waals surface area contributed by atoms with Gasteiger partial charge in [-0.3, -0.25) is 0 Å². The van der Waals surface area contributed by atoms with Gasteiger partial charge in [-0.2, -0.15) is 4.98 Å². The number of ether oxygens (including phenoxy) is 1. The van der Waals surface area contributed by atoms with Gasteiger partial charge in [0.15, 0.2) is 17.4 Å². The third kappa shape index (κ3) is 3.52. The van der Waals surface area contributed by atoms with Crippen molar-refractivity contribution in [1.29, 1.82) is 0 Å². The Hall–Kier alpha value is -3.81. The van der Waals surface area contributed by atoms with E-state index < -0.39 is 17.4 Å². The minimum absolute atomic E-state index is 0.00260. The smallest absolute Gasteiger partial charge is 0.258 e. The number of nitrogens with zero attached hydrogens (tertiary/aromatic N) is 2. The Bertz CT molecular complexity index is 1100. The van der Waals surface area contributed by atoms with Crippen molar-refractivity contribution in [1.82, 2.24) is 10.1 Å². The standard InChI is InChI=1S/C20H11F3N2O3/c21-13-3-7-15(8-4-13)27-14-5-1-11(2-6-14)19-24-20(28-25-19)12-9-16(22)18(26)17(23)10-12/h1-10,26H. The lowest BCUT2D eigenvalue weighted by Crippen LogP contribution is -1.87. The zero-order valence-electron chi connectivity index (χ0n) is 14.1. The van der Waals surface area contributed by atoms with E-state index in [1.54, 1.807) is 24.3 Å². The molecular weight excluding hydrogens is 373 g/mol. The molecule has 4 aromatic rings. The van der Waals surface area contributed by atoms with Crippen LogP contribution in [0.5, 0.6) is 17.2 Å². The summed E-state index contributed by atoms with van der Waals surface area (Å²) in [5.41, 5.74) is 0.587.